The average Bonchev–Trinajstić information content (AvgIpc) is 2.46. The van der Waals surface area contributed by atoms with Gasteiger partial charge in [0.2, 0.25) is 0 Å². The number of piperidine rings is 1. The summed E-state index contributed by atoms with van der Waals surface area (Å²) in [4.78, 5) is 16.8. The predicted molar refractivity (Wildman–Crippen MR) is 91.2 cm³/mol. The number of hydroxylamine groups is 2. The molecular formula is C18H25FN2O3. The van der Waals surface area contributed by atoms with Gasteiger partial charge >= 0.3 is 0 Å². The van der Waals surface area contributed by atoms with Crippen LogP contribution >= 0.6 is 0 Å². The van der Waals surface area contributed by atoms with Crippen LogP contribution < -0.4 is 0 Å². The van der Waals surface area contributed by atoms with E-state index in [0.717, 1.165) is 19.3 Å². The van der Waals surface area contributed by atoms with Crippen LogP contribution in [0, 0.1) is 15.9 Å². The highest BCUT2D eigenvalue weighted by Gasteiger charge is 2.42. The molecule has 1 heterocycles. The molecule has 0 aliphatic carbocycles. The third-order valence-corrected chi connectivity index (χ3v) is 4.46. The van der Waals surface area contributed by atoms with E-state index in [-0.39, 0.29) is 29.2 Å². The number of benzene rings is 1. The van der Waals surface area contributed by atoms with Crippen molar-refractivity contribution in [2.45, 2.75) is 58.0 Å². The largest absolute Gasteiger partial charge is 0.287 e. The first-order valence-corrected chi connectivity index (χ1v) is 8.16. The summed E-state index contributed by atoms with van der Waals surface area (Å²) in [7, 11) is 0. The molecule has 0 spiro atoms. The zero-order chi connectivity index (χ0) is 18.0. The van der Waals surface area contributed by atoms with Crippen molar-refractivity contribution in [3.05, 3.63) is 51.5 Å². The third kappa shape index (κ3) is 4.39. The van der Waals surface area contributed by atoms with Crippen LogP contribution in [0.2, 0.25) is 0 Å². The smallest absolute Gasteiger partial charge is 0.274 e. The fourth-order valence-corrected chi connectivity index (χ4v) is 3.35. The van der Waals surface area contributed by atoms with Crippen molar-refractivity contribution in [2.75, 3.05) is 6.61 Å². The van der Waals surface area contributed by atoms with Gasteiger partial charge in [-0.05, 0) is 64.7 Å². The van der Waals surface area contributed by atoms with Gasteiger partial charge in [0.25, 0.3) is 5.70 Å². The van der Waals surface area contributed by atoms with Crippen molar-refractivity contribution < 1.29 is 14.2 Å². The van der Waals surface area contributed by atoms with Gasteiger partial charge in [0.1, 0.15) is 5.82 Å². The first-order valence-electron chi connectivity index (χ1n) is 8.16. The van der Waals surface area contributed by atoms with Gasteiger partial charge in [0, 0.05) is 17.2 Å². The number of nitro groups is 1. The van der Waals surface area contributed by atoms with Crippen molar-refractivity contribution in [3.8, 4) is 0 Å². The average molecular weight is 336 g/mol. The van der Waals surface area contributed by atoms with Crippen LogP contribution in [0.1, 0.15) is 52.5 Å². The molecule has 2 rings (SSSR count). The van der Waals surface area contributed by atoms with Crippen LogP contribution in [0.3, 0.4) is 0 Å². The Bertz CT molecular complexity index is 608. The van der Waals surface area contributed by atoms with Gasteiger partial charge in [0.05, 0.1) is 4.92 Å². The number of halogens is 1. The maximum absolute atomic E-state index is 13.0. The minimum absolute atomic E-state index is 0.0567. The van der Waals surface area contributed by atoms with Crippen LogP contribution in [0.4, 0.5) is 4.39 Å². The minimum atomic E-state index is -0.451. The van der Waals surface area contributed by atoms with Crippen molar-refractivity contribution >= 4 is 6.08 Å². The molecule has 0 aromatic heterocycles. The number of hydrogen-bond acceptors (Lipinski definition) is 4. The Hall–Kier alpha value is -1.79. The Morgan fingerprint density at radius 3 is 2.29 bits per heavy atom. The second kappa shape index (κ2) is 6.99. The molecule has 1 aliphatic rings. The number of nitrogens with zero attached hydrogens (tertiary/aromatic N) is 2. The lowest BCUT2D eigenvalue weighted by Gasteiger charge is -2.51. The van der Waals surface area contributed by atoms with E-state index in [1.165, 1.54) is 30.3 Å². The molecule has 1 saturated heterocycles. The summed E-state index contributed by atoms with van der Waals surface area (Å²) in [6.07, 6.45) is 4.48. The van der Waals surface area contributed by atoms with Gasteiger partial charge in [-0.25, -0.2) is 4.39 Å². The lowest BCUT2D eigenvalue weighted by Crippen LogP contribution is -2.58. The Morgan fingerprint density at radius 1 is 1.25 bits per heavy atom. The molecule has 0 radical (unpaired) electrons. The van der Waals surface area contributed by atoms with Crippen molar-refractivity contribution in [1.82, 2.24) is 5.06 Å². The molecule has 0 amide bonds. The van der Waals surface area contributed by atoms with Gasteiger partial charge in [-0.15, -0.1) is 0 Å². The molecule has 0 atom stereocenters. The maximum Gasteiger partial charge on any atom is 0.274 e. The highest BCUT2D eigenvalue weighted by molar-refractivity contribution is 5.50. The minimum Gasteiger partial charge on any atom is -0.287 e. The fourth-order valence-electron chi connectivity index (χ4n) is 3.35. The lowest BCUT2D eigenvalue weighted by atomic mass is 9.82. The van der Waals surface area contributed by atoms with Crippen molar-refractivity contribution in [3.63, 3.8) is 0 Å². The molecule has 1 fully saturated rings. The Kier molecular flexibility index (Phi) is 5.40. The van der Waals surface area contributed by atoms with E-state index in [9.17, 15) is 14.5 Å². The van der Waals surface area contributed by atoms with E-state index in [1.54, 1.807) is 0 Å². The molecule has 1 aromatic carbocycles. The van der Waals surface area contributed by atoms with E-state index in [1.807, 2.05) is 5.06 Å². The van der Waals surface area contributed by atoms with E-state index >= 15 is 0 Å². The first kappa shape index (κ1) is 18.5. The Morgan fingerprint density at radius 2 is 1.79 bits per heavy atom. The lowest BCUT2D eigenvalue weighted by molar-refractivity contribution is -0.436. The number of hydrogen-bond donors (Lipinski definition) is 0. The van der Waals surface area contributed by atoms with Gasteiger partial charge in [0.15, 0.2) is 6.61 Å². The highest BCUT2D eigenvalue weighted by Crippen LogP contribution is 2.38. The molecule has 5 nitrogen and oxygen atoms in total. The third-order valence-electron chi connectivity index (χ3n) is 4.46. The summed E-state index contributed by atoms with van der Waals surface area (Å²) in [5.41, 5.74) is 0.154. The predicted octanol–water partition coefficient (Wildman–Crippen LogP) is 4.42. The summed E-state index contributed by atoms with van der Waals surface area (Å²) in [6.45, 7) is 8.22. The molecular weight excluding hydrogens is 311 g/mol. The van der Waals surface area contributed by atoms with E-state index < -0.39 is 4.92 Å². The second-order valence-electron chi connectivity index (χ2n) is 7.49. The molecule has 1 aromatic rings. The normalized spacial score (nSPS) is 20.8. The molecule has 1 aliphatic heterocycles. The molecule has 0 bridgehead atoms. The summed E-state index contributed by atoms with van der Waals surface area (Å²) in [5.74, 6) is -0.372. The maximum atomic E-state index is 13.0. The summed E-state index contributed by atoms with van der Waals surface area (Å²) in [6, 6.07) is 5.57. The first-order chi connectivity index (χ1) is 11.1. The standard InChI is InChI=1S/C18H25FN2O3/c1-17(2)10-5-11-18(3,4)21(17)24-13-16(20(22)23)12-14-6-8-15(19)9-7-14/h6-9,12H,5,10-11,13H2,1-4H3/b16-12+. The van der Waals surface area contributed by atoms with Crippen LogP contribution in [0.5, 0.6) is 0 Å². The van der Waals surface area contributed by atoms with Crippen LogP contribution in [0.15, 0.2) is 30.0 Å². The molecule has 0 N–H and O–H groups in total. The topological polar surface area (TPSA) is 55.6 Å². The zero-order valence-electron chi connectivity index (χ0n) is 14.7. The van der Waals surface area contributed by atoms with Crippen LogP contribution in [-0.2, 0) is 4.84 Å². The molecule has 0 saturated carbocycles. The van der Waals surface area contributed by atoms with Crippen LogP contribution in [0.25, 0.3) is 6.08 Å². The van der Waals surface area contributed by atoms with E-state index in [0.29, 0.717) is 5.56 Å². The summed E-state index contributed by atoms with van der Waals surface area (Å²) < 4.78 is 13.0. The van der Waals surface area contributed by atoms with E-state index in [4.69, 9.17) is 4.84 Å². The van der Waals surface area contributed by atoms with Crippen molar-refractivity contribution in [1.29, 1.82) is 0 Å². The van der Waals surface area contributed by atoms with E-state index in [2.05, 4.69) is 27.7 Å². The van der Waals surface area contributed by atoms with Gasteiger partial charge in [-0.1, -0.05) is 12.1 Å². The van der Waals surface area contributed by atoms with Gasteiger partial charge in [-0.3, -0.25) is 15.0 Å². The van der Waals surface area contributed by atoms with Crippen molar-refractivity contribution in [2.24, 2.45) is 0 Å². The monoisotopic (exact) mass is 336 g/mol. The zero-order valence-corrected chi connectivity index (χ0v) is 14.7. The SMILES string of the molecule is CC1(C)CCCC(C)(C)N1OC/C(=C\c1ccc(F)cc1)[N+](=O)[O-]. The molecule has 132 valence electrons. The Balaban J connectivity index is 2.16. The second-order valence-corrected chi connectivity index (χ2v) is 7.49. The number of rotatable bonds is 5. The Labute approximate surface area is 142 Å². The summed E-state index contributed by atoms with van der Waals surface area (Å²) >= 11 is 0. The molecule has 0 unspecified atom stereocenters. The molecule has 24 heavy (non-hydrogen) atoms. The molecule has 6 heteroatoms. The quantitative estimate of drug-likeness (QED) is 0.590. The van der Waals surface area contributed by atoms with Gasteiger partial charge < -0.3 is 0 Å². The van der Waals surface area contributed by atoms with Crippen LogP contribution in [-0.4, -0.2) is 27.7 Å². The fraction of sp³-hybridized carbons (Fsp3) is 0.556. The summed E-state index contributed by atoms with van der Waals surface area (Å²) in [5, 5.41) is 13.2. The highest BCUT2D eigenvalue weighted by atomic mass is 19.1. The van der Waals surface area contributed by atoms with Gasteiger partial charge in [-0.2, -0.15) is 5.06 Å².